The first-order valence-corrected chi connectivity index (χ1v) is 7.11. The van der Waals surface area contributed by atoms with Crippen molar-refractivity contribution < 1.29 is 14.7 Å². The van der Waals surface area contributed by atoms with E-state index in [2.05, 4.69) is 10.3 Å². The Balaban J connectivity index is 2.91. The number of nitrogens with zero attached hydrogens (tertiary/aromatic N) is 2. The van der Waals surface area contributed by atoms with Crippen LogP contribution < -0.4 is 5.32 Å². The second kappa shape index (κ2) is 7.18. The van der Waals surface area contributed by atoms with Crippen molar-refractivity contribution in [1.82, 2.24) is 14.9 Å². The van der Waals surface area contributed by atoms with E-state index >= 15 is 0 Å². The molecule has 0 aromatic carbocycles. The summed E-state index contributed by atoms with van der Waals surface area (Å²) in [7, 11) is 0. The highest BCUT2D eigenvalue weighted by atomic mass is 32.2. The number of carboxylic acids is 1. The second-order valence-electron chi connectivity index (χ2n) is 4.34. The third kappa shape index (κ3) is 4.59. The fourth-order valence-corrected chi connectivity index (χ4v) is 2.33. The van der Waals surface area contributed by atoms with E-state index < -0.39 is 5.97 Å². The fourth-order valence-electron chi connectivity index (χ4n) is 1.63. The number of hydrogen-bond donors (Lipinski definition) is 2. The van der Waals surface area contributed by atoms with Crippen LogP contribution in [-0.4, -0.2) is 38.8 Å². The molecule has 19 heavy (non-hydrogen) atoms. The molecular weight excluding hydrogens is 266 g/mol. The number of carbonyl (C=O) groups excluding carboxylic acids is 1. The van der Waals surface area contributed by atoms with Crippen LogP contribution in [0.25, 0.3) is 0 Å². The third-order valence-electron chi connectivity index (χ3n) is 2.44. The minimum Gasteiger partial charge on any atom is -0.481 e. The molecule has 1 aromatic heterocycles. The van der Waals surface area contributed by atoms with Crippen molar-refractivity contribution in [3.8, 4) is 0 Å². The number of likely N-dealkylation sites (N-methyl/N-ethyl adjacent to an activating group) is 1. The van der Waals surface area contributed by atoms with Gasteiger partial charge in [0, 0.05) is 18.4 Å². The monoisotopic (exact) mass is 285 g/mol. The zero-order valence-electron chi connectivity index (χ0n) is 11.3. The lowest BCUT2D eigenvalue weighted by atomic mass is 10.1. The van der Waals surface area contributed by atoms with Crippen LogP contribution in [-0.2, 0) is 16.1 Å². The van der Waals surface area contributed by atoms with Crippen LogP contribution in [0.3, 0.4) is 0 Å². The van der Waals surface area contributed by atoms with Gasteiger partial charge < -0.3 is 15.0 Å². The number of aliphatic carboxylic acids is 1. The highest BCUT2D eigenvalue weighted by Gasteiger charge is 2.16. The van der Waals surface area contributed by atoms with Crippen molar-refractivity contribution in [3.05, 3.63) is 11.9 Å². The van der Waals surface area contributed by atoms with Crippen LogP contribution >= 0.6 is 11.8 Å². The molecule has 0 aliphatic heterocycles. The van der Waals surface area contributed by atoms with Gasteiger partial charge in [-0.2, -0.15) is 0 Å². The maximum absolute atomic E-state index is 11.7. The molecule has 0 bridgehead atoms. The zero-order chi connectivity index (χ0) is 14.4. The normalized spacial score (nSPS) is 10.7. The Morgan fingerprint density at radius 1 is 1.53 bits per heavy atom. The largest absolute Gasteiger partial charge is 0.481 e. The maximum Gasteiger partial charge on any atom is 0.313 e. The van der Waals surface area contributed by atoms with Crippen molar-refractivity contribution in [2.45, 2.75) is 38.4 Å². The lowest BCUT2D eigenvalue weighted by Gasteiger charge is -2.13. The molecule has 1 rings (SSSR count). The highest BCUT2D eigenvalue weighted by molar-refractivity contribution is 7.99. The third-order valence-corrected chi connectivity index (χ3v) is 3.42. The fraction of sp³-hybridized carbons (Fsp3) is 0.583. The van der Waals surface area contributed by atoms with E-state index in [1.165, 1.54) is 0 Å². The average molecular weight is 285 g/mol. The summed E-state index contributed by atoms with van der Waals surface area (Å²) in [5, 5.41) is 12.0. The Bertz CT molecular complexity index is 457. The molecule has 1 aromatic rings. The lowest BCUT2D eigenvalue weighted by molar-refractivity contribution is -0.133. The molecular formula is C12H19N3O3S. The highest BCUT2D eigenvalue weighted by Crippen LogP contribution is 2.23. The molecule has 0 aliphatic rings. The van der Waals surface area contributed by atoms with Gasteiger partial charge in [0.25, 0.3) is 0 Å². The summed E-state index contributed by atoms with van der Waals surface area (Å²) in [4.78, 5) is 26.5. The van der Waals surface area contributed by atoms with Gasteiger partial charge in [-0.15, -0.1) is 0 Å². The molecule has 0 aliphatic carbocycles. The molecule has 0 spiro atoms. The minimum absolute atomic E-state index is 0.0655. The summed E-state index contributed by atoms with van der Waals surface area (Å²) in [6, 6.07) is 0. The van der Waals surface area contributed by atoms with Gasteiger partial charge in [-0.05, 0) is 12.8 Å². The van der Waals surface area contributed by atoms with Gasteiger partial charge in [-0.3, -0.25) is 9.59 Å². The SMILES string of the molecule is CCNC(=O)Cn1c(C(C)C)cnc1SCC(=O)O. The van der Waals surface area contributed by atoms with Gasteiger partial charge in [-0.25, -0.2) is 4.98 Å². The van der Waals surface area contributed by atoms with Crippen molar-refractivity contribution in [2.24, 2.45) is 0 Å². The first-order chi connectivity index (χ1) is 8.95. The Morgan fingerprint density at radius 3 is 2.74 bits per heavy atom. The maximum atomic E-state index is 11.7. The summed E-state index contributed by atoms with van der Waals surface area (Å²) >= 11 is 1.13. The van der Waals surface area contributed by atoms with Crippen molar-refractivity contribution >= 4 is 23.6 Å². The van der Waals surface area contributed by atoms with Crippen LogP contribution in [0, 0.1) is 0 Å². The first kappa shape index (κ1) is 15.6. The topological polar surface area (TPSA) is 84.2 Å². The van der Waals surface area contributed by atoms with Gasteiger partial charge in [-0.1, -0.05) is 25.6 Å². The molecule has 0 fully saturated rings. The van der Waals surface area contributed by atoms with Crippen LogP contribution in [0.4, 0.5) is 0 Å². The predicted molar refractivity (Wildman–Crippen MR) is 73.4 cm³/mol. The molecule has 106 valence electrons. The van der Waals surface area contributed by atoms with E-state index in [4.69, 9.17) is 5.11 Å². The quantitative estimate of drug-likeness (QED) is 0.738. The van der Waals surface area contributed by atoms with E-state index in [-0.39, 0.29) is 24.1 Å². The van der Waals surface area contributed by atoms with E-state index in [1.807, 2.05) is 20.8 Å². The van der Waals surface area contributed by atoms with Crippen LogP contribution in [0.2, 0.25) is 0 Å². The summed E-state index contributed by atoms with van der Waals surface area (Å²) in [5.41, 5.74) is 0.930. The van der Waals surface area contributed by atoms with Crippen LogP contribution in [0.5, 0.6) is 0 Å². The van der Waals surface area contributed by atoms with Gasteiger partial charge in [0.05, 0.1) is 5.75 Å². The van der Waals surface area contributed by atoms with E-state index in [9.17, 15) is 9.59 Å². The molecule has 2 N–H and O–H groups in total. The summed E-state index contributed by atoms with van der Waals surface area (Å²) < 4.78 is 1.78. The first-order valence-electron chi connectivity index (χ1n) is 6.12. The number of rotatable bonds is 7. The number of carbonyl (C=O) groups is 2. The molecule has 0 saturated carbocycles. The zero-order valence-corrected chi connectivity index (χ0v) is 12.2. The summed E-state index contributed by atoms with van der Waals surface area (Å²) in [6.07, 6.45) is 1.70. The van der Waals surface area contributed by atoms with E-state index in [0.717, 1.165) is 17.5 Å². The van der Waals surface area contributed by atoms with Gasteiger partial charge >= 0.3 is 5.97 Å². The van der Waals surface area contributed by atoms with Crippen LogP contribution in [0.1, 0.15) is 32.4 Å². The number of aromatic nitrogens is 2. The Kier molecular flexibility index (Phi) is 5.88. The lowest BCUT2D eigenvalue weighted by Crippen LogP contribution is -2.28. The van der Waals surface area contributed by atoms with Crippen molar-refractivity contribution in [3.63, 3.8) is 0 Å². The number of hydrogen-bond acceptors (Lipinski definition) is 4. The number of amides is 1. The average Bonchev–Trinajstić information content (AvgIpc) is 2.69. The smallest absolute Gasteiger partial charge is 0.313 e. The predicted octanol–water partition coefficient (Wildman–Crippen LogP) is 1.32. The minimum atomic E-state index is -0.899. The molecule has 0 radical (unpaired) electrons. The Morgan fingerprint density at radius 2 is 2.21 bits per heavy atom. The number of imidazole rings is 1. The van der Waals surface area contributed by atoms with Gasteiger partial charge in [0.15, 0.2) is 5.16 Å². The molecule has 1 heterocycles. The van der Waals surface area contributed by atoms with Crippen molar-refractivity contribution in [1.29, 1.82) is 0 Å². The van der Waals surface area contributed by atoms with E-state index in [1.54, 1.807) is 10.8 Å². The van der Waals surface area contributed by atoms with E-state index in [0.29, 0.717) is 11.7 Å². The standard InChI is InChI=1S/C12H19N3O3S/c1-4-13-10(16)6-15-9(8(2)3)5-14-12(15)19-7-11(17)18/h5,8H,4,6-7H2,1-3H3,(H,13,16)(H,17,18). The Hall–Kier alpha value is -1.50. The molecule has 7 heteroatoms. The molecule has 1 amide bonds. The number of carboxylic acid groups (broad SMARTS) is 1. The molecule has 6 nitrogen and oxygen atoms in total. The van der Waals surface area contributed by atoms with Gasteiger partial charge in [0.2, 0.25) is 5.91 Å². The van der Waals surface area contributed by atoms with Gasteiger partial charge in [0.1, 0.15) is 6.54 Å². The van der Waals surface area contributed by atoms with Crippen molar-refractivity contribution in [2.75, 3.05) is 12.3 Å². The molecule has 0 atom stereocenters. The number of thioether (sulfide) groups is 1. The summed E-state index contributed by atoms with van der Waals surface area (Å²) in [5.74, 6) is -0.839. The molecule has 0 saturated heterocycles. The Labute approximate surface area is 116 Å². The van der Waals surface area contributed by atoms with Crippen LogP contribution in [0.15, 0.2) is 11.4 Å². The molecule has 0 unspecified atom stereocenters. The second-order valence-corrected chi connectivity index (χ2v) is 5.28. The summed E-state index contributed by atoms with van der Waals surface area (Å²) in [6.45, 7) is 6.62. The number of nitrogens with one attached hydrogen (secondary N) is 1.